The Balaban J connectivity index is 1.75. The number of benzene rings is 1. The van der Waals surface area contributed by atoms with Crippen LogP contribution in [0.5, 0.6) is 17.2 Å². The molecule has 31 heavy (non-hydrogen) atoms. The first-order chi connectivity index (χ1) is 14.9. The monoisotopic (exact) mass is 446 g/mol. The largest absolute Gasteiger partial charge is 0.575 e. The van der Waals surface area contributed by atoms with Gasteiger partial charge in [0, 0.05) is 11.8 Å². The van der Waals surface area contributed by atoms with Gasteiger partial charge in [0.25, 0.3) is 0 Å². The fourth-order valence-electron chi connectivity index (χ4n) is 3.53. The van der Waals surface area contributed by atoms with E-state index in [0.29, 0.717) is 17.5 Å². The number of ether oxygens (including phenoxy) is 1. The third kappa shape index (κ3) is 5.57. The highest BCUT2D eigenvalue weighted by molar-refractivity contribution is 7.34. The number of para-hydroxylation sites is 2. The summed E-state index contributed by atoms with van der Waals surface area (Å²) in [6, 6.07) is 5.35. The van der Waals surface area contributed by atoms with Crippen LogP contribution in [-0.4, -0.2) is 33.5 Å². The topological polar surface area (TPSA) is 141 Å². The maximum atomic E-state index is 12.4. The van der Waals surface area contributed by atoms with Crippen molar-refractivity contribution in [2.45, 2.75) is 45.3 Å². The maximum absolute atomic E-state index is 12.4. The highest BCUT2D eigenvalue weighted by atomic mass is 31.1. The molecule has 1 aromatic carbocycles. The first-order valence-corrected chi connectivity index (χ1v) is 11.0. The van der Waals surface area contributed by atoms with Crippen LogP contribution >= 0.6 is 8.17 Å². The normalized spacial score (nSPS) is 15.5. The number of pyridine rings is 1. The fraction of sp³-hybridized carbons (Fsp3) is 0.381. The fourth-order valence-corrected chi connectivity index (χ4v) is 4.38. The molecule has 164 valence electrons. The Labute approximate surface area is 180 Å². The van der Waals surface area contributed by atoms with Gasteiger partial charge in [-0.25, -0.2) is 4.79 Å². The van der Waals surface area contributed by atoms with Crippen LogP contribution in [0.15, 0.2) is 35.2 Å². The zero-order valence-electron chi connectivity index (χ0n) is 16.9. The van der Waals surface area contributed by atoms with Crippen molar-refractivity contribution in [3.05, 3.63) is 47.3 Å². The van der Waals surface area contributed by atoms with Crippen LogP contribution in [0, 0.1) is 12.8 Å². The van der Waals surface area contributed by atoms with Gasteiger partial charge in [0.05, 0.1) is 11.3 Å². The second-order valence-electron chi connectivity index (χ2n) is 7.26. The van der Waals surface area contributed by atoms with E-state index in [2.05, 4.69) is 9.73 Å². The number of carboxylic acid groups (broad SMARTS) is 1. The Kier molecular flexibility index (Phi) is 7.55. The van der Waals surface area contributed by atoms with Crippen LogP contribution in [0.4, 0.5) is 0 Å². The van der Waals surface area contributed by atoms with Gasteiger partial charge in [-0.05, 0) is 37.8 Å². The quantitative estimate of drug-likeness (QED) is 0.441. The Morgan fingerprint density at radius 3 is 2.68 bits per heavy atom. The van der Waals surface area contributed by atoms with Crippen molar-refractivity contribution in [3.63, 3.8) is 0 Å². The molecule has 0 aliphatic heterocycles. The number of nitrogens with zero attached hydrogens (tertiary/aromatic N) is 2. The molecule has 2 N–H and O–H groups in total. The number of aliphatic carboxylic acids is 1. The van der Waals surface area contributed by atoms with Crippen molar-refractivity contribution in [1.29, 1.82) is 0 Å². The van der Waals surface area contributed by atoms with E-state index in [1.54, 1.807) is 25.1 Å². The van der Waals surface area contributed by atoms with Crippen molar-refractivity contribution in [3.8, 4) is 17.2 Å². The molecule has 1 aliphatic rings. The summed E-state index contributed by atoms with van der Waals surface area (Å²) < 4.78 is 15.0. The average molecular weight is 446 g/mol. The lowest BCUT2D eigenvalue weighted by molar-refractivity contribution is -0.169. The number of hydrogen-bond acceptors (Lipinski definition) is 8. The van der Waals surface area contributed by atoms with Gasteiger partial charge >= 0.3 is 14.1 Å². The standard InChI is InChI=1S/C21H23N2O7P/c1-13-20(25)16(11-24)15(10-22-13)12-29-17-8-4-5-9-18(17)30-31(28)23-19(21(26)27)14-6-2-3-7-14/h4-5,8-11,14,19,25H,2-3,6-7,12H2,1H3,(H,26,27). The van der Waals surface area contributed by atoms with E-state index in [0.717, 1.165) is 25.7 Å². The molecule has 2 unspecified atom stereocenters. The Morgan fingerprint density at radius 2 is 2.03 bits per heavy atom. The van der Waals surface area contributed by atoms with E-state index < -0.39 is 20.2 Å². The molecule has 1 aromatic heterocycles. The van der Waals surface area contributed by atoms with E-state index >= 15 is 0 Å². The van der Waals surface area contributed by atoms with Crippen LogP contribution < -0.4 is 14.2 Å². The lowest BCUT2D eigenvalue weighted by Gasteiger charge is -2.13. The number of aldehydes is 1. The van der Waals surface area contributed by atoms with Crippen LogP contribution in [0.25, 0.3) is 0 Å². The van der Waals surface area contributed by atoms with E-state index in [-0.39, 0.29) is 35.3 Å². The molecule has 1 saturated carbocycles. The zero-order chi connectivity index (χ0) is 22.4. The molecule has 2 aromatic rings. The molecule has 3 rings (SSSR count). The SMILES string of the molecule is Cc1ncc(COc2ccccc2O/[P+]([O-])=N\C(C(=O)O)C2CCCC2)c(C=O)c1O. The lowest BCUT2D eigenvalue weighted by Crippen LogP contribution is -2.26. The summed E-state index contributed by atoms with van der Waals surface area (Å²) in [5.41, 5.74) is 0.769. The van der Waals surface area contributed by atoms with Crippen molar-refractivity contribution in [2.24, 2.45) is 10.7 Å². The van der Waals surface area contributed by atoms with Crippen molar-refractivity contribution >= 4 is 20.4 Å². The highest BCUT2D eigenvalue weighted by Crippen LogP contribution is 2.36. The molecule has 0 saturated heterocycles. The molecule has 0 spiro atoms. The van der Waals surface area contributed by atoms with Gasteiger partial charge in [-0.3, -0.25) is 14.3 Å². The van der Waals surface area contributed by atoms with Crippen LogP contribution in [0.3, 0.4) is 0 Å². The van der Waals surface area contributed by atoms with Gasteiger partial charge in [-0.2, -0.15) is 0 Å². The second kappa shape index (κ2) is 10.3. The van der Waals surface area contributed by atoms with Gasteiger partial charge in [-0.15, -0.1) is 0 Å². The third-order valence-electron chi connectivity index (χ3n) is 5.20. The zero-order valence-corrected chi connectivity index (χ0v) is 17.8. The van der Waals surface area contributed by atoms with Gasteiger partial charge in [0.2, 0.25) is 5.75 Å². The predicted octanol–water partition coefficient (Wildman–Crippen LogP) is 3.37. The minimum absolute atomic E-state index is 0.0767. The van der Waals surface area contributed by atoms with Crippen LogP contribution in [0.2, 0.25) is 0 Å². The number of carbonyl (C=O) groups is 2. The van der Waals surface area contributed by atoms with Gasteiger partial charge < -0.3 is 19.8 Å². The molecule has 0 amide bonds. The van der Waals surface area contributed by atoms with Crippen molar-refractivity contribution < 1.29 is 34.0 Å². The van der Waals surface area contributed by atoms with Gasteiger partial charge in [0.15, 0.2) is 18.1 Å². The van der Waals surface area contributed by atoms with Gasteiger partial charge in [-0.1, -0.05) is 29.7 Å². The molecule has 0 radical (unpaired) electrons. The Hall–Kier alpha value is -3.03. The van der Waals surface area contributed by atoms with Gasteiger partial charge in [0.1, 0.15) is 12.4 Å². The first kappa shape index (κ1) is 22.7. The van der Waals surface area contributed by atoms with Crippen LogP contribution in [-0.2, 0) is 11.4 Å². The van der Waals surface area contributed by atoms with E-state index in [1.165, 1.54) is 12.3 Å². The number of aryl methyl sites for hydroxylation is 1. The second-order valence-corrected chi connectivity index (χ2v) is 8.15. The third-order valence-corrected chi connectivity index (χ3v) is 5.99. The summed E-state index contributed by atoms with van der Waals surface area (Å²) in [7, 11) is -2.64. The summed E-state index contributed by atoms with van der Waals surface area (Å²) >= 11 is 0. The Morgan fingerprint density at radius 1 is 1.35 bits per heavy atom. The summed E-state index contributed by atoms with van der Waals surface area (Å²) in [4.78, 5) is 39.3. The smallest absolute Gasteiger partial charge is 0.395 e. The molecule has 0 bridgehead atoms. The van der Waals surface area contributed by atoms with E-state index in [9.17, 15) is 24.7 Å². The average Bonchev–Trinajstić information content (AvgIpc) is 3.28. The lowest BCUT2D eigenvalue weighted by atomic mass is 9.99. The molecule has 9 nitrogen and oxygen atoms in total. The Bertz CT molecular complexity index is 990. The number of carbonyl (C=O) groups excluding carboxylic acids is 1. The summed E-state index contributed by atoms with van der Waals surface area (Å²) in [5.74, 6) is -1.12. The van der Waals surface area contributed by atoms with E-state index in [1.807, 2.05) is 0 Å². The van der Waals surface area contributed by atoms with Crippen LogP contribution in [0.1, 0.15) is 47.3 Å². The molecule has 1 heterocycles. The summed E-state index contributed by atoms with van der Waals surface area (Å²) in [6.07, 6.45) is 5.29. The predicted molar refractivity (Wildman–Crippen MR) is 110 cm³/mol. The number of aromatic hydroxyl groups is 1. The molecule has 1 fully saturated rings. The minimum atomic E-state index is -2.64. The van der Waals surface area contributed by atoms with Crippen molar-refractivity contribution in [2.75, 3.05) is 0 Å². The summed E-state index contributed by atoms with van der Waals surface area (Å²) in [5, 5.41) is 19.4. The molecular formula is C21H23N2O7P. The number of rotatable bonds is 9. The highest BCUT2D eigenvalue weighted by Gasteiger charge is 2.33. The van der Waals surface area contributed by atoms with E-state index in [4.69, 9.17) is 9.26 Å². The summed E-state index contributed by atoms with van der Waals surface area (Å²) in [6.45, 7) is 1.48. The number of aromatic nitrogens is 1. The molecular weight excluding hydrogens is 423 g/mol. The molecule has 10 heteroatoms. The first-order valence-electron chi connectivity index (χ1n) is 9.84. The molecule has 1 aliphatic carbocycles. The van der Waals surface area contributed by atoms with Crippen molar-refractivity contribution in [1.82, 2.24) is 4.98 Å². The number of carboxylic acids is 1. The molecule has 2 atom stereocenters. The maximum Gasteiger partial charge on any atom is 0.395 e. The number of hydrogen-bond donors (Lipinski definition) is 2. The minimum Gasteiger partial charge on any atom is -0.575 e.